The molecule has 106 valence electrons. The number of rotatable bonds is 6. The zero-order chi connectivity index (χ0) is 14.4. The fourth-order valence-corrected chi connectivity index (χ4v) is 2.18. The van der Waals surface area contributed by atoms with Crippen molar-refractivity contribution in [2.45, 2.75) is 6.42 Å². The Kier molecular flexibility index (Phi) is 5.82. The highest BCUT2D eigenvalue weighted by molar-refractivity contribution is 7.84. The van der Waals surface area contributed by atoms with E-state index in [-0.39, 0.29) is 5.91 Å². The Balaban J connectivity index is 2.77. The quantitative estimate of drug-likeness (QED) is 0.606. The van der Waals surface area contributed by atoms with E-state index in [0.29, 0.717) is 23.5 Å². The highest BCUT2D eigenvalue weighted by Crippen LogP contribution is 2.20. The molecule has 0 aliphatic heterocycles. The van der Waals surface area contributed by atoms with Crippen molar-refractivity contribution in [1.29, 1.82) is 0 Å². The molecule has 0 fully saturated rings. The van der Waals surface area contributed by atoms with Crippen LogP contribution in [0, 0.1) is 0 Å². The topological polar surface area (TPSA) is 75.4 Å². The van der Waals surface area contributed by atoms with Crippen molar-refractivity contribution < 1.29 is 9.00 Å². The lowest BCUT2D eigenvalue weighted by Gasteiger charge is -2.16. The van der Waals surface area contributed by atoms with Crippen LogP contribution in [0.3, 0.4) is 0 Å². The minimum absolute atomic E-state index is 0.0680. The summed E-state index contributed by atoms with van der Waals surface area (Å²) in [7, 11) is 2.63. The molecule has 0 heterocycles. The lowest BCUT2D eigenvalue weighted by atomic mass is 10.1. The molecule has 6 heteroatoms. The normalized spacial score (nSPS) is 11.9. The summed E-state index contributed by atoms with van der Waals surface area (Å²) >= 11 is 0. The van der Waals surface area contributed by atoms with Gasteiger partial charge in [0.2, 0.25) is 0 Å². The van der Waals surface area contributed by atoms with E-state index >= 15 is 0 Å². The predicted octanol–water partition coefficient (Wildman–Crippen LogP) is 1.15. The Bertz CT molecular complexity index is 475. The number of nitrogens with zero attached hydrogens (tertiary/aromatic N) is 1. The number of hydrogen-bond acceptors (Lipinski definition) is 4. The van der Waals surface area contributed by atoms with Crippen LogP contribution >= 0.6 is 0 Å². The van der Waals surface area contributed by atoms with Gasteiger partial charge in [0.05, 0.1) is 5.56 Å². The van der Waals surface area contributed by atoms with Gasteiger partial charge in [-0.1, -0.05) is 0 Å². The molecule has 0 saturated heterocycles. The van der Waals surface area contributed by atoms with Gasteiger partial charge >= 0.3 is 0 Å². The smallest absolute Gasteiger partial charge is 0.255 e. The molecule has 1 atom stereocenters. The summed E-state index contributed by atoms with van der Waals surface area (Å²) in [5.74, 6) is 0.577. The SMILES string of the molecule is CN(C)C(=O)c1ccc(N)cc1NCCCS(C)=O. The van der Waals surface area contributed by atoms with Gasteiger partial charge in [-0.15, -0.1) is 0 Å². The average molecular weight is 283 g/mol. The zero-order valence-corrected chi connectivity index (χ0v) is 12.4. The molecule has 0 aliphatic carbocycles. The van der Waals surface area contributed by atoms with Gasteiger partial charge in [-0.3, -0.25) is 9.00 Å². The molecule has 1 aromatic carbocycles. The Morgan fingerprint density at radius 3 is 2.68 bits per heavy atom. The number of carbonyl (C=O) groups is 1. The van der Waals surface area contributed by atoms with Gasteiger partial charge in [0.1, 0.15) is 0 Å². The van der Waals surface area contributed by atoms with E-state index in [1.807, 2.05) is 0 Å². The molecule has 0 aromatic heterocycles. The first-order valence-electron chi connectivity index (χ1n) is 6.07. The maximum absolute atomic E-state index is 12.0. The van der Waals surface area contributed by atoms with Crippen LogP contribution in [0.25, 0.3) is 0 Å². The minimum Gasteiger partial charge on any atom is -0.399 e. The number of carbonyl (C=O) groups excluding carboxylic acids is 1. The van der Waals surface area contributed by atoms with Crippen LogP contribution in [-0.4, -0.2) is 47.7 Å². The van der Waals surface area contributed by atoms with Crippen LogP contribution in [0.2, 0.25) is 0 Å². The van der Waals surface area contributed by atoms with Gasteiger partial charge in [0.15, 0.2) is 0 Å². The fraction of sp³-hybridized carbons (Fsp3) is 0.462. The van der Waals surface area contributed by atoms with Gasteiger partial charge in [-0.2, -0.15) is 0 Å². The monoisotopic (exact) mass is 283 g/mol. The molecule has 19 heavy (non-hydrogen) atoms. The van der Waals surface area contributed by atoms with Crippen LogP contribution < -0.4 is 11.1 Å². The first-order chi connectivity index (χ1) is 8.91. The second-order valence-electron chi connectivity index (χ2n) is 4.56. The maximum atomic E-state index is 12.0. The van der Waals surface area contributed by atoms with Gasteiger partial charge in [-0.05, 0) is 24.6 Å². The lowest BCUT2D eigenvalue weighted by Crippen LogP contribution is -2.23. The van der Waals surface area contributed by atoms with Crippen molar-refractivity contribution in [3.05, 3.63) is 23.8 Å². The number of nitrogens with two attached hydrogens (primary N) is 1. The molecule has 0 spiro atoms. The first kappa shape index (κ1) is 15.5. The van der Waals surface area contributed by atoms with Gasteiger partial charge < -0.3 is 16.0 Å². The summed E-state index contributed by atoms with van der Waals surface area (Å²) in [6.07, 6.45) is 2.47. The number of hydrogen-bond donors (Lipinski definition) is 2. The molecule has 0 bridgehead atoms. The third kappa shape index (κ3) is 4.90. The van der Waals surface area contributed by atoms with Gasteiger partial charge in [-0.25, -0.2) is 0 Å². The van der Waals surface area contributed by atoms with E-state index in [9.17, 15) is 9.00 Å². The van der Waals surface area contributed by atoms with Gasteiger partial charge in [0.25, 0.3) is 5.91 Å². The van der Waals surface area contributed by atoms with Crippen molar-refractivity contribution in [2.24, 2.45) is 0 Å². The van der Waals surface area contributed by atoms with Crippen LogP contribution in [0.15, 0.2) is 18.2 Å². The molecule has 1 rings (SSSR count). The molecule has 1 aromatic rings. The van der Waals surface area contributed by atoms with Crippen LogP contribution in [0.1, 0.15) is 16.8 Å². The largest absolute Gasteiger partial charge is 0.399 e. The van der Waals surface area contributed by atoms with E-state index in [2.05, 4.69) is 5.32 Å². The fourth-order valence-electron chi connectivity index (χ4n) is 1.63. The number of nitrogens with one attached hydrogen (secondary N) is 1. The molecule has 3 N–H and O–H groups in total. The Hall–Kier alpha value is -1.56. The average Bonchev–Trinajstić information content (AvgIpc) is 2.33. The maximum Gasteiger partial charge on any atom is 0.255 e. The molecular weight excluding hydrogens is 262 g/mol. The van der Waals surface area contributed by atoms with Crippen LogP contribution in [0.4, 0.5) is 11.4 Å². The summed E-state index contributed by atoms with van der Waals surface area (Å²) in [5.41, 5.74) is 7.67. The van der Waals surface area contributed by atoms with Gasteiger partial charge in [0, 0.05) is 54.8 Å². The van der Waals surface area contributed by atoms with Crippen molar-refractivity contribution in [3.63, 3.8) is 0 Å². The summed E-state index contributed by atoms with van der Waals surface area (Å²) in [4.78, 5) is 13.5. The van der Waals surface area contributed by atoms with E-state index in [1.54, 1.807) is 38.6 Å². The molecule has 0 saturated carbocycles. The second kappa shape index (κ2) is 7.13. The number of benzene rings is 1. The van der Waals surface area contributed by atoms with Crippen molar-refractivity contribution in [1.82, 2.24) is 4.90 Å². The lowest BCUT2D eigenvalue weighted by molar-refractivity contribution is 0.0828. The highest BCUT2D eigenvalue weighted by atomic mass is 32.2. The molecule has 1 amide bonds. The van der Waals surface area contributed by atoms with Crippen LogP contribution in [-0.2, 0) is 10.8 Å². The Labute approximate surface area is 116 Å². The first-order valence-corrected chi connectivity index (χ1v) is 7.79. The second-order valence-corrected chi connectivity index (χ2v) is 6.12. The Morgan fingerprint density at radius 2 is 2.11 bits per heavy atom. The number of amides is 1. The molecule has 0 aliphatic rings. The standard InChI is InChI=1S/C13H21N3O2S/c1-16(2)13(17)11-6-5-10(14)9-12(11)15-7-4-8-19(3)18/h5-6,9,15H,4,7-8,14H2,1-3H3. The van der Waals surface area contributed by atoms with Crippen molar-refractivity contribution in [3.8, 4) is 0 Å². The third-order valence-electron chi connectivity index (χ3n) is 2.60. The summed E-state index contributed by atoms with van der Waals surface area (Å²) < 4.78 is 11.0. The van der Waals surface area contributed by atoms with Crippen LogP contribution in [0.5, 0.6) is 0 Å². The van der Waals surface area contributed by atoms with E-state index in [1.165, 1.54) is 4.90 Å². The summed E-state index contributed by atoms with van der Waals surface area (Å²) in [5, 5.41) is 3.18. The molecule has 5 nitrogen and oxygen atoms in total. The molecular formula is C13H21N3O2S. The molecule has 0 radical (unpaired) electrons. The van der Waals surface area contributed by atoms with Crippen molar-refractivity contribution in [2.75, 3.05) is 43.7 Å². The van der Waals surface area contributed by atoms with E-state index < -0.39 is 10.8 Å². The predicted molar refractivity (Wildman–Crippen MR) is 80.9 cm³/mol. The summed E-state index contributed by atoms with van der Waals surface area (Å²) in [6.45, 7) is 0.663. The third-order valence-corrected chi connectivity index (χ3v) is 3.47. The summed E-state index contributed by atoms with van der Waals surface area (Å²) in [6, 6.07) is 5.18. The van der Waals surface area contributed by atoms with E-state index in [0.717, 1.165) is 12.1 Å². The zero-order valence-electron chi connectivity index (χ0n) is 11.6. The number of anilines is 2. The minimum atomic E-state index is -0.789. The van der Waals surface area contributed by atoms with E-state index in [4.69, 9.17) is 5.73 Å². The van der Waals surface area contributed by atoms with Crippen molar-refractivity contribution >= 4 is 28.1 Å². The highest BCUT2D eigenvalue weighted by Gasteiger charge is 2.13. The molecule has 1 unspecified atom stereocenters. The Morgan fingerprint density at radius 1 is 1.42 bits per heavy atom. The number of nitrogen functional groups attached to an aromatic ring is 1.